The van der Waals surface area contributed by atoms with Crippen molar-refractivity contribution in [1.82, 2.24) is 28.7 Å². The van der Waals surface area contributed by atoms with Crippen molar-refractivity contribution in [3.8, 4) is 11.4 Å². The van der Waals surface area contributed by atoms with Gasteiger partial charge in [0, 0.05) is 43.5 Å². The Morgan fingerprint density at radius 3 is 2.34 bits per heavy atom. The molecule has 3 aromatic rings. The van der Waals surface area contributed by atoms with Crippen LogP contribution in [0, 0.1) is 12.7 Å². The quantitative estimate of drug-likeness (QED) is 0.414. The lowest BCUT2D eigenvalue weighted by Crippen LogP contribution is -2.47. The number of aryl methyl sites for hydroxylation is 1. The lowest BCUT2D eigenvalue weighted by molar-refractivity contribution is 0.0498. The molecule has 2 aromatic heterocycles. The number of likely N-dealkylation sites (N-methyl/N-ethyl adjacent to an activating group) is 1. The lowest BCUT2D eigenvalue weighted by atomic mass is 10.1. The first kappa shape index (κ1) is 27.9. The number of imidazole rings is 1. The largest absolute Gasteiger partial charge is 0.324 e. The molecule has 1 aromatic carbocycles. The Balaban J connectivity index is 1.72. The molecular formula is C24H29F4N7O2S. The van der Waals surface area contributed by atoms with Gasteiger partial charge in [0.25, 0.3) is 6.43 Å². The Kier molecular flexibility index (Phi) is 8.04. The van der Waals surface area contributed by atoms with E-state index in [9.17, 15) is 26.0 Å². The molecule has 4 rings (SSSR count). The highest BCUT2D eigenvalue weighted by Crippen LogP contribution is 2.35. The number of hydrogen-bond donors (Lipinski definition) is 1. The normalized spacial score (nSPS) is 16.4. The zero-order valence-electron chi connectivity index (χ0n) is 21.4. The molecule has 0 spiro atoms. The highest BCUT2D eigenvalue weighted by atomic mass is 32.2. The Hall–Kier alpha value is -3.10. The number of alkyl halides is 3. The van der Waals surface area contributed by atoms with Gasteiger partial charge in [-0.2, -0.15) is 4.31 Å². The van der Waals surface area contributed by atoms with Crippen molar-refractivity contribution in [3.05, 3.63) is 47.8 Å². The predicted molar refractivity (Wildman–Crippen MR) is 134 cm³/mol. The van der Waals surface area contributed by atoms with Crippen LogP contribution in [0.2, 0.25) is 0 Å². The van der Waals surface area contributed by atoms with Gasteiger partial charge in [-0.15, -0.1) is 0 Å². The van der Waals surface area contributed by atoms with Crippen molar-refractivity contribution in [2.75, 3.05) is 38.5 Å². The van der Waals surface area contributed by atoms with E-state index in [0.717, 1.165) is 12.3 Å². The number of hydrogen-bond acceptors (Lipinski definition) is 7. The number of aromatic nitrogens is 4. The van der Waals surface area contributed by atoms with E-state index in [4.69, 9.17) is 0 Å². The third kappa shape index (κ3) is 5.52. The molecule has 3 heterocycles. The van der Waals surface area contributed by atoms with Gasteiger partial charge in [0.05, 0.1) is 23.0 Å². The van der Waals surface area contributed by atoms with Gasteiger partial charge in [-0.25, -0.2) is 40.9 Å². The molecule has 38 heavy (non-hydrogen) atoms. The highest BCUT2D eigenvalue weighted by Gasteiger charge is 2.31. The smallest absolute Gasteiger partial charge is 0.273 e. The summed E-state index contributed by atoms with van der Waals surface area (Å²) < 4.78 is 85.6. The third-order valence-corrected chi connectivity index (χ3v) is 8.27. The summed E-state index contributed by atoms with van der Waals surface area (Å²) in [5.74, 6) is -0.283. The fourth-order valence-corrected chi connectivity index (χ4v) is 5.82. The summed E-state index contributed by atoms with van der Waals surface area (Å²) in [6, 6.07) is 3.23. The number of halogens is 4. The lowest BCUT2D eigenvalue weighted by Gasteiger charge is -2.31. The number of anilines is 2. The van der Waals surface area contributed by atoms with Gasteiger partial charge in [0.15, 0.2) is 12.0 Å². The molecule has 0 amide bonds. The number of nitrogens with one attached hydrogen (secondary N) is 1. The molecule has 1 fully saturated rings. The summed E-state index contributed by atoms with van der Waals surface area (Å²) in [6.07, 6.45) is -3.83. The molecule has 1 atom stereocenters. The highest BCUT2D eigenvalue weighted by molar-refractivity contribution is 7.89. The van der Waals surface area contributed by atoms with Gasteiger partial charge in [-0.05, 0) is 46.0 Å². The monoisotopic (exact) mass is 555 g/mol. The van der Waals surface area contributed by atoms with E-state index in [2.05, 4.69) is 20.3 Å². The number of piperazine rings is 1. The number of sulfonamides is 1. The van der Waals surface area contributed by atoms with Gasteiger partial charge in [0.1, 0.15) is 11.5 Å². The van der Waals surface area contributed by atoms with Crippen molar-refractivity contribution in [1.29, 1.82) is 0 Å². The van der Waals surface area contributed by atoms with Crippen molar-refractivity contribution in [2.24, 2.45) is 0 Å². The van der Waals surface area contributed by atoms with E-state index in [1.807, 2.05) is 25.8 Å². The van der Waals surface area contributed by atoms with E-state index < -0.39 is 34.0 Å². The Labute approximate surface area is 218 Å². The SMILES string of the molecule is Cc1ncc(-c2nc(Nc3ccc(S(=O)(=O)N4CCN(C)CC4)cc3C(F)C(F)F)ncc2F)n1C(C)C. The third-order valence-electron chi connectivity index (χ3n) is 6.37. The minimum Gasteiger partial charge on any atom is -0.324 e. The molecule has 1 aliphatic rings. The van der Waals surface area contributed by atoms with E-state index in [1.165, 1.54) is 22.6 Å². The molecule has 14 heteroatoms. The molecule has 1 saturated heterocycles. The van der Waals surface area contributed by atoms with Crippen LogP contribution >= 0.6 is 0 Å². The standard InChI is InChI=1S/C24H29F4N7O2S/c1-14(2)35-15(3)29-13-20(35)22-18(25)12-30-24(32-22)31-19-6-5-16(11-17(19)21(26)23(27)28)38(36,37)34-9-7-33(4)8-10-34/h5-6,11-14,21,23H,7-10H2,1-4H3,(H,30,31,32). The minimum absolute atomic E-state index is 0.0574. The second kappa shape index (κ2) is 10.9. The average Bonchev–Trinajstić information content (AvgIpc) is 3.26. The molecule has 1 N–H and O–H groups in total. The zero-order chi connectivity index (χ0) is 27.8. The molecular weight excluding hydrogens is 526 g/mol. The molecule has 1 unspecified atom stereocenters. The van der Waals surface area contributed by atoms with E-state index in [1.54, 1.807) is 11.5 Å². The summed E-state index contributed by atoms with van der Waals surface area (Å²) in [7, 11) is -2.18. The number of benzene rings is 1. The van der Waals surface area contributed by atoms with Gasteiger partial charge < -0.3 is 14.8 Å². The Morgan fingerprint density at radius 2 is 1.71 bits per heavy atom. The van der Waals surface area contributed by atoms with Crippen LogP contribution in [0.25, 0.3) is 11.4 Å². The molecule has 206 valence electrons. The maximum absolute atomic E-state index is 14.7. The van der Waals surface area contributed by atoms with Crippen molar-refractivity contribution >= 4 is 21.7 Å². The molecule has 1 aliphatic heterocycles. The van der Waals surface area contributed by atoms with Crippen LogP contribution < -0.4 is 5.32 Å². The van der Waals surface area contributed by atoms with Gasteiger partial charge in [0.2, 0.25) is 16.0 Å². The molecule has 0 saturated carbocycles. The van der Waals surface area contributed by atoms with Gasteiger partial charge in [-0.1, -0.05) is 0 Å². The van der Waals surface area contributed by atoms with Crippen LogP contribution in [0.5, 0.6) is 0 Å². The number of rotatable bonds is 8. The summed E-state index contributed by atoms with van der Waals surface area (Å²) in [4.78, 5) is 13.9. The predicted octanol–water partition coefficient (Wildman–Crippen LogP) is 4.32. The first-order valence-corrected chi connectivity index (χ1v) is 13.4. The summed E-state index contributed by atoms with van der Waals surface area (Å²) in [6.45, 7) is 7.01. The summed E-state index contributed by atoms with van der Waals surface area (Å²) in [5, 5.41) is 2.66. The van der Waals surface area contributed by atoms with Crippen molar-refractivity contribution < 1.29 is 26.0 Å². The fourth-order valence-electron chi connectivity index (χ4n) is 4.36. The minimum atomic E-state index is -4.04. The Bertz CT molecular complexity index is 1410. The van der Waals surface area contributed by atoms with Crippen LogP contribution in [-0.4, -0.2) is 76.8 Å². The van der Waals surface area contributed by atoms with Crippen LogP contribution in [0.3, 0.4) is 0 Å². The second-order valence-corrected chi connectivity index (χ2v) is 11.3. The maximum Gasteiger partial charge on any atom is 0.273 e. The molecule has 0 bridgehead atoms. The molecule has 0 aliphatic carbocycles. The second-order valence-electron chi connectivity index (χ2n) is 9.36. The topological polar surface area (TPSA) is 96.2 Å². The first-order chi connectivity index (χ1) is 17.9. The van der Waals surface area contributed by atoms with E-state index >= 15 is 0 Å². The van der Waals surface area contributed by atoms with Crippen LogP contribution in [0.4, 0.5) is 29.2 Å². The zero-order valence-corrected chi connectivity index (χ0v) is 22.2. The van der Waals surface area contributed by atoms with Crippen LogP contribution in [0.15, 0.2) is 35.5 Å². The van der Waals surface area contributed by atoms with Gasteiger partial charge in [-0.3, -0.25) is 0 Å². The number of nitrogens with zero attached hydrogens (tertiary/aromatic N) is 6. The van der Waals surface area contributed by atoms with E-state index in [-0.39, 0.29) is 41.4 Å². The van der Waals surface area contributed by atoms with E-state index in [0.29, 0.717) is 24.6 Å². The maximum atomic E-state index is 14.7. The summed E-state index contributed by atoms with van der Waals surface area (Å²) >= 11 is 0. The molecule has 0 radical (unpaired) electrons. The summed E-state index contributed by atoms with van der Waals surface area (Å²) in [5.41, 5.74) is -0.447. The average molecular weight is 556 g/mol. The van der Waals surface area contributed by atoms with Gasteiger partial charge >= 0.3 is 0 Å². The molecule has 9 nitrogen and oxygen atoms in total. The van der Waals surface area contributed by atoms with Crippen molar-refractivity contribution in [3.63, 3.8) is 0 Å². The van der Waals surface area contributed by atoms with Crippen molar-refractivity contribution in [2.45, 2.75) is 44.3 Å². The Morgan fingerprint density at radius 1 is 1.03 bits per heavy atom. The fraction of sp³-hybridized carbons (Fsp3) is 0.458. The van der Waals surface area contributed by atoms with Crippen LogP contribution in [-0.2, 0) is 10.0 Å². The van der Waals surface area contributed by atoms with Crippen LogP contribution in [0.1, 0.15) is 37.4 Å². The first-order valence-electron chi connectivity index (χ1n) is 12.0.